The molecule has 0 aliphatic heterocycles. The number of ether oxygens (including phenoxy) is 1. The Balaban J connectivity index is 1.81. The van der Waals surface area contributed by atoms with Crippen molar-refractivity contribution in [2.24, 2.45) is 0 Å². The van der Waals surface area contributed by atoms with Crippen molar-refractivity contribution in [3.05, 3.63) is 59.9 Å². The monoisotopic (exact) mass is 292 g/mol. The summed E-state index contributed by atoms with van der Waals surface area (Å²) >= 11 is 0. The van der Waals surface area contributed by atoms with Crippen LogP contribution in [0.25, 0.3) is 11.0 Å². The number of hydrogen-bond donors (Lipinski definition) is 0. The summed E-state index contributed by atoms with van der Waals surface area (Å²) in [4.78, 5) is 2.10. The lowest BCUT2D eigenvalue weighted by Crippen LogP contribution is -2.15. The molecule has 0 aliphatic carbocycles. The predicted molar refractivity (Wildman–Crippen MR) is 86.0 cm³/mol. The minimum atomic E-state index is 0.642. The Morgan fingerprint density at radius 3 is 2.59 bits per heavy atom. The molecule has 0 unspecified atom stereocenters. The Morgan fingerprint density at radius 1 is 1.14 bits per heavy atom. The molecule has 2 aromatic carbocycles. The molecule has 0 N–H and O–H groups in total. The maximum absolute atomic E-state index is 8.94. The average Bonchev–Trinajstić information content (AvgIpc) is 2.95. The van der Waals surface area contributed by atoms with Crippen LogP contribution in [-0.4, -0.2) is 14.2 Å². The van der Waals surface area contributed by atoms with Gasteiger partial charge >= 0.3 is 0 Å². The molecule has 22 heavy (non-hydrogen) atoms. The second-order valence-corrected chi connectivity index (χ2v) is 5.13. The highest BCUT2D eigenvalue weighted by Crippen LogP contribution is 2.24. The quantitative estimate of drug-likeness (QED) is 0.730. The zero-order valence-electron chi connectivity index (χ0n) is 12.5. The average molecular weight is 292 g/mol. The van der Waals surface area contributed by atoms with E-state index in [1.165, 1.54) is 0 Å². The molecule has 110 valence electrons. The number of anilines is 1. The van der Waals surface area contributed by atoms with Crippen molar-refractivity contribution >= 4 is 16.7 Å². The van der Waals surface area contributed by atoms with Crippen molar-refractivity contribution in [3.63, 3.8) is 0 Å². The SMILES string of the molecule is COc1ccc(N(C)Cc2cc3cc(C#N)ccc3o2)cc1. The third kappa shape index (κ3) is 2.75. The van der Waals surface area contributed by atoms with Crippen LogP contribution in [0.2, 0.25) is 0 Å². The molecular weight excluding hydrogens is 276 g/mol. The summed E-state index contributed by atoms with van der Waals surface area (Å²) in [5.74, 6) is 1.70. The molecule has 0 amide bonds. The number of nitrogens with zero attached hydrogens (tertiary/aromatic N) is 2. The van der Waals surface area contributed by atoms with Crippen molar-refractivity contribution in [1.82, 2.24) is 0 Å². The molecule has 1 heterocycles. The number of benzene rings is 2. The molecule has 0 bridgehead atoms. The van der Waals surface area contributed by atoms with Crippen LogP contribution < -0.4 is 9.64 Å². The lowest BCUT2D eigenvalue weighted by Gasteiger charge is -2.18. The molecule has 0 saturated carbocycles. The Morgan fingerprint density at radius 2 is 1.91 bits per heavy atom. The first kappa shape index (κ1) is 14.0. The smallest absolute Gasteiger partial charge is 0.134 e. The number of furan rings is 1. The topological polar surface area (TPSA) is 49.4 Å². The molecular formula is C18H16N2O2. The lowest BCUT2D eigenvalue weighted by atomic mass is 10.2. The first-order valence-corrected chi connectivity index (χ1v) is 6.97. The van der Waals surface area contributed by atoms with Gasteiger partial charge in [0.05, 0.1) is 25.3 Å². The third-order valence-corrected chi connectivity index (χ3v) is 3.60. The van der Waals surface area contributed by atoms with Crippen molar-refractivity contribution in [3.8, 4) is 11.8 Å². The van der Waals surface area contributed by atoms with Crippen molar-refractivity contribution in [2.45, 2.75) is 6.54 Å². The standard InChI is InChI=1S/C18H16N2O2/c1-20(15-4-6-16(21-2)7-5-15)12-17-10-14-9-13(11-19)3-8-18(14)22-17/h3-10H,12H2,1-2H3. The molecule has 1 aromatic heterocycles. The first-order valence-electron chi connectivity index (χ1n) is 6.97. The van der Waals surface area contributed by atoms with Gasteiger partial charge in [0.1, 0.15) is 17.1 Å². The summed E-state index contributed by atoms with van der Waals surface area (Å²) in [7, 11) is 3.67. The van der Waals surface area contributed by atoms with Gasteiger partial charge in [0.25, 0.3) is 0 Å². The second-order valence-electron chi connectivity index (χ2n) is 5.13. The van der Waals surface area contributed by atoms with Crippen LogP contribution in [0.5, 0.6) is 5.75 Å². The van der Waals surface area contributed by atoms with Gasteiger partial charge in [-0.05, 0) is 48.5 Å². The van der Waals surface area contributed by atoms with Crippen LogP contribution in [0.3, 0.4) is 0 Å². The van der Waals surface area contributed by atoms with E-state index in [1.54, 1.807) is 13.2 Å². The zero-order valence-corrected chi connectivity index (χ0v) is 12.5. The van der Waals surface area contributed by atoms with Gasteiger partial charge < -0.3 is 14.1 Å². The minimum Gasteiger partial charge on any atom is -0.497 e. The summed E-state index contributed by atoms with van der Waals surface area (Å²) in [6, 6.07) is 17.5. The Labute approximate surface area is 129 Å². The highest BCUT2D eigenvalue weighted by atomic mass is 16.5. The highest BCUT2D eigenvalue weighted by molar-refractivity contribution is 5.79. The van der Waals surface area contributed by atoms with Crippen molar-refractivity contribution < 1.29 is 9.15 Å². The number of fused-ring (bicyclic) bond motifs is 1. The molecule has 4 nitrogen and oxygen atoms in total. The minimum absolute atomic E-state index is 0.642. The van der Waals surface area contributed by atoms with Gasteiger partial charge in [-0.2, -0.15) is 5.26 Å². The van der Waals surface area contributed by atoms with E-state index in [0.717, 1.165) is 28.2 Å². The molecule has 0 aliphatic rings. The number of nitriles is 1. The van der Waals surface area contributed by atoms with Crippen LogP contribution in [0, 0.1) is 11.3 Å². The molecule has 3 aromatic rings. The van der Waals surface area contributed by atoms with E-state index >= 15 is 0 Å². The van der Waals surface area contributed by atoms with E-state index in [2.05, 4.69) is 11.0 Å². The predicted octanol–water partition coefficient (Wildman–Crippen LogP) is 3.95. The number of hydrogen-bond acceptors (Lipinski definition) is 4. The second kappa shape index (κ2) is 5.82. The van der Waals surface area contributed by atoms with Gasteiger partial charge in [-0.3, -0.25) is 0 Å². The molecule has 3 rings (SSSR count). The molecule has 4 heteroatoms. The largest absolute Gasteiger partial charge is 0.497 e. The fraction of sp³-hybridized carbons (Fsp3) is 0.167. The zero-order chi connectivity index (χ0) is 15.5. The maximum Gasteiger partial charge on any atom is 0.134 e. The lowest BCUT2D eigenvalue weighted by molar-refractivity contribution is 0.415. The Hall–Kier alpha value is -2.93. The van der Waals surface area contributed by atoms with Gasteiger partial charge in [0, 0.05) is 18.1 Å². The Kier molecular flexibility index (Phi) is 3.71. The van der Waals surface area contributed by atoms with E-state index in [4.69, 9.17) is 14.4 Å². The van der Waals surface area contributed by atoms with E-state index in [1.807, 2.05) is 49.5 Å². The summed E-state index contributed by atoms with van der Waals surface area (Å²) < 4.78 is 11.0. The summed E-state index contributed by atoms with van der Waals surface area (Å²) in [6.45, 7) is 0.656. The van der Waals surface area contributed by atoms with Gasteiger partial charge in [-0.25, -0.2) is 0 Å². The fourth-order valence-corrected chi connectivity index (χ4v) is 2.41. The molecule has 0 atom stereocenters. The first-order chi connectivity index (χ1) is 10.7. The van der Waals surface area contributed by atoms with Gasteiger partial charge in [-0.15, -0.1) is 0 Å². The summed E-state index contributed by atoms with van der Waals surface area (Å²) in [5.41, 5.74) is 2.53. The molecule has 0 saturated heterocycles. The molecule has 0 spiro atoms. The van der Waals surface area contributed by atoms with Crippen LogP contribution in [0.1, 0.15) is 11.3 Å². The molecule has 0 radical (unpaired) electrons. The van der Waals surface area contributed by atoms with E-state index in [0.29, 0.717) is 12.1 Å². The normalized spacial score (nSPS) is 10.4. The molecule has 0 fully saturated rings. The van der Waals surface area contributed by atoms with Gasteiger partial charge in [-0.1, -0.05) is 0 Å². The highest BCUT2D eigenvalue weighted by Gasteiger charge is 2.08. The number of rotatable bonds is 4. The van der Waals surface area contributed by atoms with E-state index in [-0.39, 0.29) is 0 Å². The summed E-state index contributed by atoms with van der Waals surface area (Å²) in [5, 5.41) is 9.90. The van der Waals surface area contributed by atoms with Crippen molar-refractivity contribution in [2.75, 3.05) is 19.1 Å². The van der Waals surface area contributed by atoms with Gasteiger partial charge in [0.15, 0.2) is 0 Å². The van der Waals surface area contributed by atoms with Gasteiger partial charge in [0.2, 0.25) is 0 Å². The summed E-state index contributed by atoms with van der Waals surface area (Å²) in [6.07, 6.45) is 0. The van der Waals surface area contributed by atoms with E-state index in [9.17, 15) is 0 Å². The third-order valence-electron chi connectivity index (χ3n) is 3.60. The fourth-order valence-electron chi connectivity index (χ4n) is 2.41. The Bertz CT molecular complexity index is 828. The van der Waals surface area contributed by atoms with E-state index < -0.39 is 0 Å². The maximum atomic E-state index is 8.94. The van der Waals surface area contributed by atoms with Crippen LogP contribution in [0.4, 0.5) is 5.69 Å². The van der Waals surface area contributed by atoms with Crippen LogP contribution >= 0.6 is 0 Å². The number of methoxy groups -OCH3 is 1. The van der Waals surface area contributed by atoms with Crippen LogP contribution in [-0.2, 0) is 6.54 Å². The van der Waals surface area contributed by atoms with Crippen LogP contribution in [0.15, 0.2) is 52.9 Å². The van der Waals surface area contributed by atoms with Crippen molar-refractivity contribution in [1.29, 1.82) is 5.26 Å².